The van der Waals surface area contributed by atoms with Gasteiger partial charge in [-0.2, -0.15) is 0 Å². The van der Waals surface area contributed by atoms with Crippen LogP contribution in [0.1, 0.15) is 21.9 Å². The number of furan rings is 1. The van der Waals surface area contributed by atoms with Crippen molar-refractivity contribution in [3.8, 4) is 5.75 Å². The van der Waals surface area contributed by atoms with Crippen molar-refractivity contribution in [1.29, 1.82) is 0 Å². The van der Waals surface area contributed by atoms with Crippen molar-refractivity contribution in [2.24, 2.45) is 0 Å². The predicted octanol–water partition coefficient (Wildman–Crippen LogP) is 2.10. The molecule has 1 aromatic carbocycles. The number of rotatable bonds is 4. The average Bonchev–Trinajstić information content (AvgIpc) is 2.64. The quantitative estimate of drug-likeness (QED) is 0.796. The lowest BCUT2D eigenvalue weighted by Crippen LogP contribution is -2.16. The molecule has 0 saturated heterocycles. The first-order valence-corrected chi connectivity index (χ1v) is 7.36. The lowest BCUT2D eigenvalue weighted by molar-refractivity contribution is 0.0691. The fraction of sp³-hybridized carbons (Fsp3) is 0.154. The summed E-state index contributed by atoms with van der Waals surface area (Å²) < 4.78 is 32.0. The third-order valence-corrected chi connectivity index (χ3v) is 4.32. The Bertz CT molecular complexity index is 806. The minimum absolute atomic E-state index is 0.0104. The lowest BCUT2D eigenvalue weighted by atomic mass is 10.2. The van der Waals surface area contributed by atoms with Crippen molar-refractivity contribution < 1.29 is 27.8 Å². The molecule has 0 bridgehead atoms. The van der Waals surface area contributed by atoms with Crippen molar-refractivity contribution >= 4 is 21.7 Å². The van der Waals surface area contributed by atoms with Crippen LogP contribution in [-0.2, 0) is 10.0 Å². The Morgan fingerprint density at radius 2 is 1.90 bits per heavy atom. The number of aromatic hydroxyl groups is 1. The number of nitrogens with one attached hydrogen (secondary N) is 1. The summed E-state index contributed by atoms with van der Waals surface area (Å²) in [5, 5.41) is 18.5. The van der Waals surface area contributed by atoms with Gasteiger partial charge in [-0.15, -0.1) is 0 Å². The summed E-state index contributed by atoms with van der Waals surface area (Å²) in [4.78, 5) is 10.8. The number of phenolic OH excluding ortho intramolecular Hbond substituents is 1. The van der Waals surface area contributed by atoms with E-state index in [1.165, 1.54) is 38.1 Å². The Labute approximate surface area is 120 Å². The summed E-state index contributed by atoms with van der Waals surface area (Å²) in [5.41, 5.74) is -0.287. The highest BCUT2D eigenvalue weighted by Gasteiger charge is 2.30. The normalized spacial score (nSPS) is 11.3. The first kappa shape index (κ1) is 14.9. The summed E-state index contributed by atoms with van der Waals surface area (Å²) in [7, 11) is -4.15. The zero-order valence-corrected chi connectivity index (χ0v) is 12.1. The topological polar surface area (TPSA) is 117 Å². The van der Waals surface area contributed by atoms with Crippen LogP contribution in [0.4, 0.5) is 5.69 Å². The van der Waals surface area contributed by atoms with Gasteiger partial charge in [0, 0.05) is 6.07 Å². The third kappa shape index (κ3) is 2.84. The van der Waals surface area contributed by atoms with Crippen molar-refractivity contribution in [3.05, 3.63) is 41.3 Å². The summed E-state index contributed by atoms with van der Waals surface area (Å²) in [6.45, 7) is 2.75. The van der Waals surface area contributed by atoms with Crippen LogP contribution in [0.25, 0.3) is 0 Å². The van der Waals surface area contributed by atoms with Crippen molar-refractivity contribution in [3.63, 3.8) is 0 Å². The Balaban J connectivity index is 2.53. The summed E-state index contributed by atoms with van der Waals surface area (Å²) in [6.07, 6.45) is 0. The van der Waals surface area contributed by atoms with Crippen LogP contribution in [-0.4, -0.2) is 24.6 Å². The van der Waals surface area contributed by atoms with Crippen LogP contribution >= 0.6 is 0 Å². The SMILES string of the molecule is Cc1oc(C)c(S(=O)(=O)Nc2cccc(O)c2)c1C(=O)O. The molecule has 0 spiro atoms. The molecule has 0 aliphatic rings. The molecule has 1 heterocycles. The molecule has 0 saturated carbocycles. The maximum Gasteiger partial charge on any atom is 0.340 e. The number of aromatic carboxylic acids is 1. The van der Waals surface area contributed by atoms with Gasteiger partial charge in [-0.3, -0.25) is 4.72 Å². The molecular weight excluding hydrogens is 298 g/mol. The van der Waals surface area contributed by atoms with E-state index in [1.54, 1.807) is 0 Å². The van der Waals surface area contributed by atoms with Gasteiger partial charge in [0.05, 0.1) is 5.69 Å². The molecule has 8 heteroatoms. The van der Waals surface area contributed by atoms with E-state index in [2.05, 4.69) is 4.72 Å². The maximum atomic E-state index is 12.4. The van der Waals surface area contributed by atoms with Crippen LogP contribution in [0.3, 0.4) is 0 Å². The van der Waals surface area contributed by atoms with Crippen molar-refractivity contribution in [1.82, 2.24) is 0 Å². The molecule has 0 radical (unpaired) electrons. The fourth-order valence-electron chi connectivity index (χ4n) is 2.01. The Kier molecular flexibility index (Phi) is 3.65. The number of carboxylic acid groups (broad SMARTS) is 1. The molecule has 0 atom stereocenters. The number of hydrogen-bond acceptors (Lipinski definition) is 5. The molecule has 0 fully saturated rings. The van der Waals surface area contributed by atoms with E-state index in [9.17, 15) is 18.3 Å². The zero-order valence-electron chi connectivity index (χ0n) is 11.2. The van der Waals surface area contributed by atoms with E-state index in [4.69, 9.17) is 9.52 Å². The van der Waals surface area contributed by atoms with Gasteiger partial charge in [0.25, 0.3) is 10.0 Å². The summed E-state index contributed by atoms with van der Waals surface area (Å²) in [6, 6.07) is 5.48. The van der Waals surface area contributed by atoms with E-state index in [-0.39, 0.29) is 23.0 Å². The van der Waals surface area contributed by atoms with E-state index in [0.717, 1.165) is 0 Å². The fourth-order valence-corrected chi connectivity index (χ4v) is 3.47. The number of hydrogen-bond donors (Lipinski definition) is 3. The molecule has 2 rings (SSSR count). The molecule has 7 nitrogen and oxygen atoms in total. The van der Waals surface area contributed by atoms with Gasteiger partial charge in [-0.25, -0.2) is 13.2 Å². The van der Waals surface area contributed by atoms with E-state index in [1.807, 2.05) is 0 Å². The van der Waals surface area contributed by atoms with E-state index >= 15 is 0 Å². The monoisotopic (exact) mass is 311 g/mol. The minimum atomic E-state index is -4.15. The van der Waals surface area contributed by atoms with Crippen LogP contribution in [0.15, 0.2) is 33.6 Å². The Morgan fingerprint density at radius 1 is 1.24 bits per heavy atom. The molecule has 0 amide bonds. The highest BCUT2D eigenvalue weighted by atomic mass is 32.2. The van der Waals surface area contributed by atoms with Crippen LogP contribution in [0.2, 0.25) is 0 Å². The number of aryl methyl sites for hydroxylation is 2. The predicted molar refractivity (Wildman–Crippen MR) is 74.1 cm³/mol. The van der Waals surface area contributed by atoms with Gasteiger partial charge in [0.2, 0.25) is 0 Å². The van der Waals surface area contributed by atoms with E-state index in [0.29, 0.717) is 0 Å². The van der Waals surface area contributed by atoms with Gasteiger partial charge in [0.1, 0.15) is 27.7 Å². The molecule has 0 aliphatic carbocycles. The highest BCUT2D eigenvalue weighted by molar-refractivity contribution is 7.92. The molecule has 0 aliphatic heterocycles. The Hall–Kier alpha value is -2.48. The van der Waals surface area contributed by atoms with E-state index < -0.39 is 26.5 Å². The number of benzene rings is 1. The number of sulfonamides is 1. The molecule has 112 valence electrons. The number of carbonyl (C=O) groups is 1. The lowest BCUT2D eigenvalue weighted by Gasteiger charge is -2.08. The van der Waals surface area contributed by atoms with Gasteiger partial charge in [-0.1, -0.05) is 6.07 Å². The van der Waals surface area contributed by atoms with Gasteiger partial charge in [-0.05, 0) is 26.0 Å². The second-order valence-electron chi connectivity index (χ2n) is 4.38. The molecule has 0 unspecified atom stereocenters. The Morgan fingerprint density at radius 3 is 2.48 bits per heavy atom. The van der Waals surface area contributed by atoms with Gasteiger partial charge >= 0.3 is 5.97 Å². The van der Waals surface area contributed by atoms with Gasteiger partial charge < -0.3 is 14.6 Å². The van der Waals surface area contributed by atoms with Crippen molar-refractivity contribution in [2.45, 2.75) is 18.7 Å². The number of anilines is 1. The van der Waals surface area contributed by atoms with Crippen molar-refractivity contribution in [2.75, 3.05) is 4.72 Å². The van der Waals surface area contributed by atoms with Crippen LogP contribution < -0.4 is 4.72 Å². The van der Waals surface area contributed by atoms with Gasteiger partial charge in [0.15, 0.2) is 0 Å². The molecular formula is C13H13NO6S. The number of phenols is 1. The first-order chi connectivity index (χ1) is 9.72. The summed E-state index contributed by atoms with van der Waals surface area (Å²) in [5.74, 6) is -1.51. The highest BCUT2D eigenvalue weighted by Crippen LogP contribution is 2.29. The maximum absolute atomic E-state index is 12.4. The van der Waals surface area contributed by atoms with Crippen LogP contribution in [0.5, 0.6) is 5.75 Å². The zero-order chi connectivity index (χ0) is 15.8. The third-order valence-electron chi connectivity index (χ3n) is 2.79. The standard InChI is InChI=1S/C13H13NO6S/c1-7-11(13(16)17)12(8(2)20-7)21(18,19)14-9-4-3-5-10(15)6-9/h3-6,14-15H,1-2H3,(H,16,17). The summed E-state index contributed by atoms with van der Waals surface area (Å²) >= 11 is 0. The molecule has 2 aromatic rings. The number of carboxylic acids is 1. The first-order valence-electron chi connectivity index (χ1n) is 5.87. The molecule has 21 heavy (non-hydrogen) atoms. The minimum Gasteiger partial charge on any atom is -0.508 e. The second-order valence-corrected chi connectivity index (χ2v) is 6.00. The molecule has 3 N–H and O–H groups in total. The second kappa shape index (κ2) is 5.13. The largest absolute Gasteiger partial charge is 0.508 e. The van der Waals surface area contributed by atoms with Crippen LogP contribution in [0, 0.1) is 13.8 Å². The molecule has 1 aromatic heterocycles. The average molecular weight is 311 g/mol. The smallest absolute Gasteiger partial charge is 0.340 e.